The molecule has 0 spiro atoms. The molecule has 0 radical (unpaired) electrons. The largest absolute Gasteiger partial charge is 0.472 e. The summed E-state index contributed by atoms with van der Waals surface area (Å²) in [6, 6.07) is 1.97. The topological polar surface area (TPSA) is 75.9 Å². The molecule has 1 aliphatic heterocycles. The third-order valence-corrected chi connectivity index (χ3v) is 2.86. The van der Waals surface area contributed by atoms with Gasteiger partial charge in [-0.05, 0) is 31.4 Å². The van der Waals surface area contributed by atoms with Gasteiger partial charge in [-0.25, -0.2) is 4.99 Å². The maximum atomic E-state index is 5.76. The van der Waals surface area contributed by atoms with E-state index in [2.05, 4.69) is 15.3 Å². The Morgan fingerprint density at radius 1 is 1.56 bits per heavy atom. The molecule has 0 saturated carbocycles. The molecule has 0 fully saturated rings. The molecule has 1 aliphatic rings. The second kappa shape index (κ2) is 6.23. The minimum absolute atomic E-state index is 0.0120. The van der Waals surface area contributed by atoms with Gasteiger partial charge >= 0.3 is 0 Å². The maximum absolute atomic E-state index is 5.76. The first-order chi connectivity index (χ1) is 8.74. The van der Waals surface area contributed by atoms with Crippen molar-refractivity contribution in [2.75, 3.05) is 6.54 Å². The molecule has 0 aliphatic carbocycles. The Balaban J connectivity index is 1.87. The van der Waals surface area contributed by atoms with E-state index >= 15 is 0 Å². The van der Waals surface area contributed by atoms with Gasteiger partial charge in [0.15, 0.2) is 0 Å². The van der Waals surface area contributed by atoms with E-state index < -0.39 is 0 Å². The number of nitrogens with one attached hydrogen (secondary N) is 1. The van der Waals surface area contributed by atoms with Gasteiger partial charge in [0.05, 0.1) is 24.2 Å². The molecule has 5 nitrogen and oxygen atoms in total. The SMILES string of the molecule is CC1N=C(N)CCCC(=NCCc2ccoc2)N1. The van der Waals surface area contributed by atoms with E-state index in [0.717, 1.165) is 43.9 Å². The lowest BCUT2D eigenvalue weighted by molar-refractivity contribution is 0.564. The van der Waals surface area contributed by atoms with E-state index in [4.69, 9.17) is 10.2 Å². The van der Waals surface area contributed by atoms with Gasteiger partial charge in [0.1, 0.15) is 6.17 Å². The predicted octanol–water partition coefficient (Wildman–Crippen LogP) is 1.70. The van der Waals surface area contributed by atoms with Gasteiger partial charge in [-0.15, -0.1) is 0 Å². The molecule has 0 saturated heterocycles. The molecule has 1 aromatic heterocycles. The number of hydrogen-bond acceptors (Lipinski definition) is 4. The zero-order valence-corrected chi connectivity index (χ0v) is 10.7. The number of amidine groups is 2. The van der Waals surface area contributed by atoms with Crippen LogP contribution >= 0.6 is 0 Å². The van der Waals surface area contributed by atoms with Crippen LogP contribution in [0.4, 0.5) is 0 Å². The van der Waals surface area contributed by atoms with Crippen molar-refractivity contribution >= 4 is 11.7 Å². The van der Waals surface area contributed by atoms with Gasteiger partial charge in [0, 0.05) is 19.4 Å². The molecule has 0 aromatic carbocycles. The van der Waals surface area contributed by atoms with Crippen molar-refractivity contribution in [3.05, 3.63) is 24.2 Å². The van der Waals surface area contributed by atoms with Crippen LogP contribution in [0.5, 0.6) is 0 Å². The average molecular weight is 248 g/mol. The Hall–Kier alpha value is -1.78. The van der Waals surface area contributed by atoms with Crippen LogP contribution in [0.3, 0.4) is 0 Å². The molecular formula is C13H20N4O. The quantitative estimate of drug-likeness (QED) is 0.854. The number of furan rings is 1. The number of aliphatic imine (C=N–C) groups is 2. The van der Waals surface area contributed by atoms with E-state index in [1.165, 1.54) is 5.56 Å². The van der Waals surface area contributed by atoms with E-state index in [1.54, 1.807) is 12.5 Å². The van der Waals surface area contributed by atoms with Crippen LogP contribution in [-0.4, -0.2) is 24.4 Å². The van der Waals surface area contributed by atoms with Crippen molar-refractivity contribution < 1.29 is 4.42 Å². The van der Waals surface area contributed by atoms with E-state index in [0.29, 0.717) is 0 Å². The molecule has 18 heavy (non-hydrogen) atoms. The standard InChI is InChI=1S/C13H20N4O/c1-10-16-12(14)3-2-4-13(17-10)15-7-5-11-6-8-18-9-11/h6,8-10H,2-5,7H2,1H3,(H2,14,16)(H,15,17). The number of hydrogen-bond donors (Lipinski definition) is 2. The van der Waals surface area contributed by atoms with Gasteiger partial charge in [-0.2, -0.15) is 0 Å². The number of rotatable bonds is 3. The molecule has 3 N–H and O–H groups in total. The lowest BCUT2D eigenvalue weighted by atomic mass is 10.2. The van der Waals surface area contributed by atoms with Gasteiger partial charge in [0.25, 0.3) is 0 Å². The third-order valence-electron chi connectivity index (χ3n) is 2.86. The number of nitrogens with two attached hydrogens (primary N) is 1. The Kier molecular flexibility index (Phi) is 4.39. The van der Waals surface area contributed by atoms with Crippen LogP contribution in [0.25, 0.3) is 0 Å². The fourth-order valence-electron chi connectivity index (χ4n) is 1.98. The Morgan fingerprint density at radius 3 is 3.22 bits per heavy atom. The first-order valence-corrected chi connectivity index (χ1v) is 6.37. The minimum atomic E-state index is 0.0120. The summed E-state index contributed by atoms with van der Waals surface area (Å²) in [7, 11) is 0. The van der Waals surface area contributed by atoms with Crippen LogP contribution in [0.15, 0.2) is 33.0 Å². The average Bonchev–Trinajstić information content (AvgIpc) is 2.79. The summed E-state index contributed by atoms with van der Waals surface area (Å²) in [6.07, 6.45) is 7.16. The van der Waals surface area contributed by atoms with Crippen molar-refractivity contribution in [2.45, 2.75) is 38.8 Å². The molecule has 1 unspecified atom stereocenters. The summed E-state index contributed by atoms with van der Waals surface area (Å²) in [5, 5.41) is 3.29. The summed E-state index contributed by atoms with van der Waals surface area (Å²) >= 11 is 0. The minimum Gasteiger partial charge on any atom is -0.472 e. The molecule has 2 rings (SSSR count). The maximum Gasteiger partial charge on any atom is 0.118 e. The fourth-order valence-corrected chi connectivity index (χ4v) is 1.98. The third kappa shape index (κ3) is 3.91. The molecule has 0 bridgehead atoms. The Bertz CT molecular complexity index is 422. The highest BCUT2D eigenvalue weighted by Gasteiger charge is 2.09. The van der Waals surface area contributed by atoms with Crippen molar-refractivity contribution in [3.63, 3.8) is 0 Å². The van der Waals surface area contributed by atoms with E-state index in [-0.39, 0.29) is 6.17 Å². The van der Waals surface area contributed by atoms with E-state index in [9.17, 15) is 0 Å². The van der Waals surface area contributed by atoms with Crippen LogP contribution in [0.2, 0.25) is 0 Å². The lowest BCUT2D eigenvalue weighted by Gasteiger charge is -2.17. The zero-order chi connectivity index (χ0) is 12.8. The summed E-state index contributed by atoms with van der Waals surface area (Å²) in [5.74, 6) is 1.76. The molecular weight excluding hydrogens is 228 g/mol. The molecule has 2 heterocycles. The monoisotopic (exact) mass is 248 g/mol. The predicted molar refractivity (Wildman–Crippen MR) is 72.8 cm³/mol. The highest BCUT2D eigenvalue weighted by molar-refractivity contribution is 5.86. The summed E-state index contributed by atoms with van der Waals surface area (Å²) in [4.78, 5) is 8.92. The van der Waals surface area contributed by atoms with Crippen LogP contribution in [0.1, 0.15) is 31.7 Å². The van der Waals surface area contributed by atoms with Crippen LogP contribution < -0.4 is 11.1 Å². The van der Waals surface area contributed by atoms with Crippen molar-refractivity contribution in [1.82, 2.24) is 5.32 Å². The van der Waals surface area contributed by atoms with Crippen molar-refractivity contribution in [2.24, 2.45) is 15.7 Å². The first-order valence-electron chi connectivity index (χ1n) is 6.37. The molecule has 98 valence electrons. The summed E-state index contributed by atoms with van der Waals surface area (Å²) in [6.45, 7) is 2.76. The normalized spacial score (nSPS) is 23.1. The zero-order valence-electron chi connectivity index (χ0n) is 10.7. The van der Waals surface area contributed by atoms with Crippen molar-refractivity contribution in [3.8, 4) is 0 Å². The highest BCUT2D eigenvalue weighted by Crippen LogP contribution is 2.05. The Morgan fingerprint density at radius 2 is 2.44 bits per heavy atom. The second-order valence-electron chi connectivity index (χ2n) is 4.50. The van der Waals surface area contributed by atoms with Gasteiger partial charge in [0.2, 0.25) is 0 Å². The van der Waals surface area contributed by atoms with Gasteiger partial charge in [-0.1, -0.05) is 0 Å². The van der Waals surface area contributed by atoms with Gasteiger partial charge < -0.3 is 15.5 Å². The first kappa shape index (κ1) is 12.7. The smallest absolute Gasteiger partial charge is 0.118 e. The molecule has 0 amide bonds. The van der Waals surface area contributed by atoms with Gasteiger partial charge in [-0.3, -0.25) is 4.99 Å². The van der Waals surface area contributed by atoms with Crippen molar-refractivity contribution in [1.29, 1.82) is 0 Å². The highest BCUT2D eigenvalue weighted by atomic mass is 16.3. The van der Waals surface area contributed by atoms with Crippen LogP contribution in [-0.2, 0) is 6.42 Å². The lowest BCUT2D eigenvalue weighted by Crippen LogP contribution is -2.35. The van der Waals surface area contributed by atoms with Crippen LogP contribution in [0, 0.1) is 0 Å². The molecule has 1 atom stereocenters. The summed E-state index contributed by atoms with van der Waals surface area (Å²) < 4.78 is 5.03. The van der Waals surface area contributed by atoms with E-state index in [1.807, 2.05) is 13.0 Å². The molecule has 1 aromatic rings. The molecule has 5 heteroatoms. The second-order valence-corrected chi connectivity index (χ2v) is 4.50. The Labute approximate surface area is 107 Å². The fraction of sp³-hybridized carbons (Fsp3) is 0.538. The number of nitrogens with zero attached hydrogens (tertiary/aromatic N) is 2. The summed E-state index contributed by atoms with van der Waals surface area (Å²) in [5.41, 5.74) is 6.95.